The van der Waals surface area contributed by atoms with Crippen molar-refractivity contribution >= 4 is 11.8 Å². The molecule has 0 amide bonds. The molecule has 0 aromatic carbocycles. The van der Waals surface area contributed by atoms with Crippen molar-refractivity contribution in [1.29, 1.82) is 0 Å². The van der Waals surface area contributed by atoms with E-state index in [9.17, 15) is 0 Å². The molecule has 0 N–H and O–H groups in total. The zero-order valence-electron chi connectivity index (χ0n) is 15.9. The van der Waals surface area contributed by atoms with Crippen molar-refractivity contribution in [1.82, 2.24) is 0 Å². The lowest BCUT2D eigenvalue weighted by atomic mass is 10.2. The fourth-order valence-corrected chi connectivity index (χ4v) is 2.39. The van der Waals surface area contributed by atoms with Crippen LogP contribution >= 0.6 is 11.8 Å². The summed E-state index contributed by atoms with van der Waals surface area (Å²) in [6.07, 6.45) is 8.34. The van der Waals surface area contributed by atoms with Gasteiger partial charge in [-0.3, -0.25) is 0 Å². The molecule has 0 aliphatic carbocycles. The zero-order valence-corrected chi connectivity index (χ0v) is 16.7. The Morgan fingerprint density at radius 2 is 0.750 bits per heavy atom. The summed E-state index contributed by atoms with van der Waals surface area (Å²) >= 11 is 2.09. The third-order valence-electron chi connectivity index (χ3n) is 2.15. The molecule has 1 nitrogen and oxygen atoms in total. The van der Waals surface area contributed by atoms with Crippen LogP contribution in [0.2, 0.25) is 0 Å². The predicted molar refractivity (Wildman–Crippen MR) is 128 cm³/mol. The van der Waals surface area contributed by atoms with Gasteiger partial charge >= 0.3 is 0 Å². The van der Waals surface area contributed by atoms with Crippen molar-refractivity contribution < 1.29 is 4.74 Å². The highest BCUT2D eigenvalue weighted by atomic mass is 32.2. The van der Waals surface area contributed by atoms with Crippen LogP contribution in [0.15, 0.2) is 0 Å². The molecular formula is C22H60OS. The van der Waals surface area contributed by atoms with E-state index in [1.165, 1.54) is 50.0 Å². The van der Waals surface area contributed by atoms with E-state index >= 15 is 0 Å². The van der Waals surface area contributed by atoms with Gasteiger partial charge in [0.2, 0.25) is 0 Å². The van der Waals surface area contributed by atoms with E-state index in [-0.39, 0.29) is 29.7 Å². The Morgan fingerprint density at radius 1 is 0.458 bits per heavy atom. The van der Waals surface area contributed by atoms with Gasteiger partial charge in [-0.1, -0.05) is 91.5 Å². The minimum Gasteiger partial charge on any atom is -0.381 e. The first kappa shape index (κ1) is 49.7. The van der Waals surface area contributed by atoms with E-state index in [0.717, 1.165) is 13.2 Å². The van der Waals surface area contributed by atoms with Crippen LogP contribution in [-0.2, 0) is 4.74 Å². The van der Waals surface area contributed by atoms with Crippen molar-refractivity contribution in [3.8, 4) is 0 Å². The average Bonchev–Trinajstić information content (AvgIpc) is 2.65. The maximum atomic E-state index is 5.07. The van der Waals surface area contributed by atoms with Crippen molar-refractivity contribution in [2.24, 2.45) is 0 Å². The van der Waals surface area contributed by atoms with Crippen LogP contribution in [0, 0.1) is 0 Å². The summed E-state index contributed by atoms with van der Waals surface area (Å²) in [5.74, 6) is 2.83. The van der Waals surface area contributed by atoms with Crippen molar-refractivity contribution in [2.45, 2.75) is 124 Å². The molecule has 2 saturated heterocycles. The van der Waals surface area contributed by atoms with Gasteiger partial charge in [-0.05, 0) is 43.6 Å². The Balaban J connectivity index is -0.0000000226. The molecule has 0 saturated carbocycles. The summed E-state index contributed by atoms with van der Waals surface area (Å²) in [5.41, 5.74) is 0. The van der Waals surface area contributed by atoms with Crippen LogP contribution in [0.5, 0.6) is 0 Å². The molecular weight excluding hydrogens is 312 g/mol. The van der Waals surface area contributed by atoms with E-state index in [1.54, 1.807) is 0 Å². The van der Waals surface area contributed by atoms with Crippen molar-refractivity contribution in [3.05, 3.63) is 0 Å². The van der Waals surface area contributed by atoms with Gasteiger partial charge in [0.1, 0.15) is 0 Å². The number of rotatable bonds is 0. The molecule has 0 aromatic heterocycles. The second kappa shape index (κ2) is 76.6. The lowest BCUT2D eigenvalue weighted by Crippen LogP contribution is -2.03. The Kier molecular flexibility index (Phi) is 158. The number of hydrogen-bond acceptors (Lipinski definition) is 2. The van der Waals surface area contributed by atoms with Crippen LogP contribution < -0.4 is 0 Å². The minimum absolute atomic E-state index is 0. The minimum atomic E-state index is 0. The monoisotopic (exact) mass is 372 g/mol. The molecule has 0 bridgehead atoms. The van der Waals surface area contributed by atoms with Crippen LogP contribution in [0.25, 0.3) is 0 Å². The number of thioether (sulfide) groups is 1. The van der Waals surface area contributed by atoms with Gasteiger partial charge in [-0.2, -0.15) is 11.8 Å². The first-order valence-electron chi connectivity index (χ1n) is 9.15. The fraction of sp³-hybridized carbons (Fsp3) is 1.00. The van der Waals surface area contributed by atoms with Crippen molar-refractivity contribution in [3.63, 3.8) is 0 Å². The van der Waals surface area contributed by atoms with Crippen LogP contribution in [0.4, 0.5) is 0 Å². The van der Waals surface area contributed by atoms with Gasteiger partial charge in [-0.15, -0.1) is 0 Å². The Hall–Kier alpha value is 0.310. The molecule has 0 radical (unpaired) electrons. The fourth-order valence-electron chi connectivity index (χ4n) is 1.37. The normalized spacial score (nSPS) is 13.0. The van der Waals surface area contributed by atoms with Gasteiger partial charge in [0, 0.05) is 13.2 Å². The number of ether oxygens (including phenoxy) is 1. The summed E-state index contributed by atoms with van der Waals surface area (Å²) in [4.78, 5) is 0. The Morgan fingerprint density at radius 3 is 0.833 bits per heavy atom. The second-order valence-corrected chi connectivity index (χ2v) is 4.57. The SMILES string of the molecule is C.C.C.C.C1CCOCC1.C1CCSCC1.CC.CC.CC.CC. The molecule has 2 fully saturated rings. The molecule has 2 aliphatic heterocycles. The third kappa shape index (κ3) is 66.9. The average molecular weight is 373 g/mol. The standard InChI is InChI=1S/C5H10O.C5H10S.4C2H6.4CH4/c2*1-2-4-6-5-3-1;4*1-2;;;;/h2*1-5H2;4*1-2H3;4*1H4. The van der Waals surface area contributed by atoms with E-state index < -0.39 is 0 Å². The molecule has 2 heteroatoms. The summed E-state index contributed by atoms with van der Waals surface area (Å²) in [7, 11) is 0. The lowest BCUT2D eigenvalue weighted by molar-refractivity contribution is 0.0968. The molecule has 0 atom stereocenters. The Bertz CT molecular complexity index is 55.0. The van der Waals surface area contributed by atoms with E-state index in [2.05, 4.69) is 11.8 Å². The van der Waals surface area contributed by atoms with E-state index in [0.29, 0.717) is 0 Å². The highest BCUT2D eigenvalue weighted by molar-refractivity contribution is 7.99. The van der Waals surface area contributed by atoms with Gasteiger partial charge in [-0.25, -0.2) is 0 Å². The largest absolute Gasteiger partial charge is 0.381 e. The van der Waals surface area contributed by atoms with Crippen LogP contribution in [0.3, 0.4) is 0 Å². The molecule has 0 spiro atoms. The van der Waals surface area contributed by atoms with E-state index in [4.69, 9.17) is 4.74 Å². The molecule has 2 aliphatic rings. The van der Waals surface area contributed by atoms with Gasteiger partial charge in [0.25, 0.3) is 0 Å². The third-order valence-corrected chi connectivity index (χ3v) is 3.31. The highest BCUT2D eigenvalue weighted by Gasteiger charge is 1.96. The molecule has 2 rings (SSSR count). The van der Waals surface area contributed by atoms with Crippen LogP contribution in [-0.4, -0.2) is 24.7 Å². The smallest absolute Gasteiger partial charge is 0.0466 e. The summed E-state index contributed by atoms with van der Waals surface area (Å²) in [5, 5.41) is 0. The Labute approximate surface area is 165 Å². The van der Waals surface area contributed by atoms with Crippen LogP contribution in [0.1, 0.15) is 124 Å². The van der Waals surface area contributed by atoms with Gasteiger partial charge in [0.05, 0.1) is 0 Å². The summed E-state index contributed by atoms with van der Waals surface area (Å²) in [6, 6.07) is 0. The second-order valence-electron chi connectivity index (χ2n) is 3.35. The highest BCUT2D eigenvalue weighted by Crippen LogP contribution is 2.14. The number of hydrogen-bond donors (Lipinski definition) is 0. The van der Waals surface area contributed by atoms with E-state index in [1.807, 2.05) is 55.4 Å². The molecule has 160 valence electrons. The quantitative estimate of drug-likeness (QED) is 0.418. The van der Waals surface area contributed by atoms with Crippen molar-refractivity contribution in [2.75, 3.05) is 24.7 Å². The molecule has 0 aromatic rings. The maximum Gasteiger partial charge on any atom is 0.0466 e. The maximum absolute atomic E-state index is 5.07. The summed E-state index contributed by atoms with van der Waals surface area (Å²) < 4.78 is 5.07. The summed E-state index contributed by atoms with van der Waals surface area (Å²) in [6.45, 7) is 18.0. The predicted octanol–water partition coefficient (Wildman–Crippen LogP) is 9.74. The van der Waals surface area contributed by atoms with Gasteiger partial charge in [0.15, 0.2) is 0 Å². The molecule has 0 unspecified atom stereocenters. The first-order valence-corrected chi connectivity index (χ1v) is 10.3. The molecule has 24 heavy (non-hydrogen) atoms. The zero-order chi connectivity index (χ0) is 16.5. The first-order chi connectivity index (χ1) is 10.0. The lowest BCUT2D eigenvalue weighted by Gasteiger charge is -2.08. The molecule has 2 heterocycles. The van der Waals surface area contributed by atoms with Gasteiger partial charge < -0.3 is 4.74 Å². The topological polar surface area (TPSA) is 9.23 Å².